The number of rotatable bonds is 8. The average Bonchev–Trinajstić information content (AvgIpc) is 2.78. The van der Waals surface area contributed by atoms with Crippen LogP contribution in [0.2, 0.25) is 0 Å². The molecule has 0 radical (unpaired) electrons. The van der Waals surface area contributed by atoms with E-state index in [4.69, 9.17) is 5.11 Å². The predicted molar refractivity (Wildman–Crippen MR) is 133 cm³/mol. The minimum Gasteiger partial charge on any atom is -0.389 e. The summed E-state index contributed by atoms with van der Waals surface area (Å²) < 4.78 is 0. The molecule has 2 atom stereocenters. The highest BCUT2D eigenvalue weighted by Crippen LogP contribution is 2.13. The van der Waals surface area contributed by atoms with Crippen molar-refractivity contribution in [2.45, 2.75) is 25.6 Å². The fraction of sp³-hybridized carbons (Fsp3) is 0.250. The van der Waals surface area contributed by atoms with Gasteiger partial charge < -0.3 is 15.5 Å². The van der Waals surface area contributed by atoms with Crippen molar-refractivity contribution in [3.05, 3.63) is 112 Å². The second-order valence-electron chi connectivity index (χ2n) is 6.89. The number of aliphatic hydroxyl groups is 2. The van der Waals surface area contributed by atoms with Crippen LogP contribution in [0, 0.1) is 10.1 Å². The van der Waals surface area contributed by atoms with Gasteiger partial charge in [0.05, 0.1) is 17.1 Å². The van der Waals surface area contributed by atoms with Gasteiger partial charge >= 0.3 is 0 Å². The van der Waals surface area contributed by atoms with E-state index in [2.05, 4.69) is 5.32 Å². The predicted octanol–water partition coefficient (Wildman–Crippen LogP) is 5.04. The molecule has 8 heteroatoms. The molecule has 0 spiro atoms. The van der Waals surface area contributed by atoms with Crippen molar-refractivity contribution in [3.8, 4) is 0 Å². The van der Waals surface area contributed by atoms with Crippen LogP contribution in [0.15, 0.2) is 84.9 Å². The van der Waals surface area contributed by atoms with Crippen molar-refractivity contribution in [1.29, 1.82) is 0 Å². The van der Waals surface area contributed by atoms with Gasteiger partial charge in [0.25, 0.3) is 5.69 Å². The molecule has 0 aliphatic rings. The maximum Gasteiger partial charge on any atom is 0.269 e. The Bertz CT molecular complexity index is 880. The summed E-state index contributed by atoms with van der Waals surface area (Å²) in [7, 11) is 0. The number of hydrogen-bond donors (Lipinski definition) is 3. The SMILES string of the molecule is CC(O)c1ccccc1.Cl.Cl.O=[N+]([O-])c1ccc(CCNC[C@H](O)c2ccccc2)cc1. The summed E-state index contributed by atoms with van der Waals surface area (Å²) in [5, 5.41) is 32.7. The van der Waals surface area contributed by atoms with Crippen molar-refractivity contribution in [2.75, 3.05) is 13.1 Å². The summed E-state index contributed by atoms with van der Waals surface area (Å²) in [4.78, 5) is 10.1. The number of benzene rings is 3. The highest BCUT2D eigenvalue weighted by atomic mass is 35.5. The summed E-state index contributed by atoms with van der Waals surface area (Å²) in [6, 6.07) is 25.6. The van der Waals surface area contributed by atoms with E-state index in [1.54, 1.807) is 19.1 Å². The molecule has 0 aliphatic heterocycles. The van der Waals surface area contributed by atoms with E-state index >= 15 is 0 Å². The lowest BCUT2D eigenvalue weighted by Crippen LogP contribution is -2.23. The Hall–Kier alpha value is -2.48. The Kier molecular flexibility index (Phi) is 14.9. The summed E-state index contributed by atoms with van der Waals surface area (Å²) >= 11 is 0. The summed E-state index contributed by atoms with van der Waals surface area (Å²) in [6.07, 6.45) is -0.103. The zero-order valence-electron chi connectivity index (χ0n) is 17.8. The zero-order valence-corrected chi connectivity index (χ0v) is 19.5. The smallest absolute Gasteiger partial charge is 0.269 e. The van der Waals surface area contributed by atoms with E-state index < -0.39 is 11.0 Å². The largest absolute Gasteiger partial charge is 0.389 e. The third-order valence-electron chi connectivity index (χ3n) is 4.54. The number of nitrogens with zero attached hydrogens (tertiary/aromatic N) is 1. The summed E-state index contributed by atoms with van der Waals surface area (Å²) in [5.74, 6) is 0. The molecule has 32 heavy (non-hydrogen) atoms. The van der Waals surface area contributed by atoms with Gasteiger partial charge in [-0.15, -0.1) is 24.8 Å². The fourth-order valence-corrected chi connectivity index (χ4v) is 2.78. The monoisotopic (exact) mass is 480 g/mol. The van der Waals surface area contributed by atoms with Gasteiger partial charge in [-0.25, -0.2) is 0 Å². The first-order valence-corrected chi connectivity index (χ1v) is 9.87. The quantitative estimate of drug-likeness (QED) is 0.238. The number of non-ortho nitro benzene ring substituents is 1. The highest BCUT2D eigenvalue weighted by Gasteiger charge is 2.06. The first-order chi connectivity index (χ1) is 14.5. The highest BCUT2D eigenvalue weighted by molar-refractivity contribution is 5.85. The van der Waals surface area contributed by atoms with E-state index in [1.165, 1.54) is 12.1 Å². The molecule has 0 saturated carbocycles. The van der Waals surface area contributed by atoms with E-state index in [0.717, 1.165) is 23.1 Å². The first kappa shape index (κ1) is 29.5. The molecule has 0 aliphatic carbocycles. The van der Waals surface area contributed by atoms with Crippen molar-refractivity contribution < 1.29 is 15.1 Å². The van der Waals surface area contributed by atoms with Crippen LogP contribution in [0.3, 0.4) is 0 Å². The second-order valence-corrected chi connectivity index (χ2v) is 6.89. The summed E-state index contributed by atoms with van der Waals surface area (Å²) in [5.41, 5.74) is 2.99. The first-order valence-electron chi connectivity index (χ1n) is 9.87. The molecule has 6 nitrogen and oxygen atoms in total. The minimum absolute atomic E-state index is 0. The molecule has 0 heterocycles. The number of aliphatic hydroxyl groups excluding tert-OH is 2. The number of nitro benzene ring substituents is 1. The van der Waals surface area contributed by atoms with Crippen molar-refractivity contribution in [2.24, 2.45) is 0 Å². The molecule has 3 rings (SSSR count). The molecular weight excluding hydrogens is 451 g/mol. The normalized spacial score (nSPS) is 11.6. The molecule has 0 saturated heterocycles. The van der Waals surface area contributed by atoms with E-state index in [0.29, 0.717) is 13.1 Å². The van der Waals surface area contributed by atoms with Crippen molar-refractivity contribution in [1.82, 2.24) is 5.32 Å². The van der Waals surface area contributed by atoms with Crippen LogP contribution in [0.5, 0.6) is 0 Å². The van der Waals surface area contributed by atoms with Crippen LogP contribution < -0.4 is 5.32 Å². The van der Waals surface area contributed by atoms with Gasteiger partial charge in [-0.3, -0.25) is 10.1 Å². The Morgan fingerprint density at radius 3 is 1.78 bits per heavy atom. The Morgan fingerprint density at radius 2 is 1.34 bits per heavy atom. The van der Waals surface area contributed by atoms with Gasteiger partial charge in [0.1, 0.15) is 0 Å². The fourth-order valence-electron chi connectivity index (χ4n) is 2.78. The van der Waals surface area contributed by atoms with Crippen LogP contribution in [-0.4, -0.2) is 28.2 Å². The Morgan fingerprint density at radius 1 is 0.844 bits per heavy atom. The van der Waals surface area contributed by atoms with Gasteiger partial charge in [-0.2, -0.15) is 0 Å². The molecule has 174 valence electrons. The maximum atomic E-state index is 10.5. The maximum absolute atomic E-state index is 10.5. The molecule has 1 unspecified atom stereocenters. The van der Waals surface area contributed by atoms with Crippen LogP contribution in [0.4, 0.5) is 5.69 Å². The molecule has 3 aromatic carbocycles. The molecule has 0 bridgehead atoms. The number of halogens is 2. The standard InChI is InChI=1S/C16H18N2O3.C8H10O.2ClH/c19-16(14-4-2-1-3-5-14)12-17-11-10-13-6-8-15(9-7-13)18(20)21;1-7(9)8-5-3-2-4-6-8;;/h1-9,16-17,19H,10-12H2;2-7,9H,1H3;2*1H/t16-;;;/m0.../s1. The van der Waals surface area contributed by atoms with Crippen LogP contribution in [-0.2, 0) is 6.42 Å². The molecular formula is C24H30Cl2N2O4. The van der Waals surface area contributed by atoms with Crippen LogP contribution in [0.1, 0.15) is 35.8 Å². The second kappa shape index (κ2) is 16.2. The minimum atomic E-state index is -0.525. The average molecular weight is 481 g/mol. The zero-order chi connectivity index (χ0) is 21.8. The lowest BCUT2D eigenvalue weighted by molar-refractivity contribution is -0.384. The van der Waals surface area contributed by atoms with Gasteiger partial charge in [-0.1, -0.05) is 72.8 Å². The van der Waals surface area contributed by atoms with Crippen LogP contribution >= 0.6 is 24.8 Å². The lowest BCUT2D eigenvalue weighted by atomic mass is 10.1. The third-order valence-corrected chi connectivity index (χ3v) is 4.54. The molecule has 3 aromatic rings. The Labute approximate surface area is 201 Å². The lowest BCUT2D eigenvalue weighted by Gasteiger charge is -2.12. The van der Waals surface area contributed by atoms with Crippen LogP contribution in [0.25, 0.3) is 0 Å². The van der Waals surface area contributed by atoms with E-state index in [1.807, 2.05) is 60.7 Å². The van der Waals surface area contributed by atoms with Gasteiger partial charge in [0.15, 0.2) is 0 Å². The number of nitro groups is 1. The van der Waals surface area contributed by atoms with E-state index in [9.17, 15) is 15.2 Å². The molecule has 0 aromatic heterocycles. The summed E-state index contributed by atoms with van der Waals surface area (Å²) in [6.45, 7) is 2.95. The number of nitrogens with one attached hydrogen (secondary N) is 1. The van der Waals surface area contributed by atoms with E-state index in [-0.39, 0.29) is 36.6 Å². The molecule has 0 fully saturated rings. The molecule has 0 amide bonds. The third kappa shape index (κ3) is 10.7. The van der Waals surface area contributed by atoms with Crippen molar-refractivity contribution >= 4 is 30.5 Å². The van der Waals surface area contributed by atoms with Gasteiger partial charge in [0.2, 0.25) is 0 Å². The Balaban J connectivity index is 0.000000741. The topological polar surface area (TPSA) is 95.6 Å². The number of hydrogen-bond acceptors (Lipinski definition) is 5. The van der Waals surface area contributed by atoms with Crippen molar-refractivity contribution in [3.63, 3.8) is 0 Å². The van der Waals surface area contributed by atoms with Gasteiger partial charge in [-0.05, 0) is 36.6 Å². The van der Waals surface area contributed by atoms with Gasteiger partial charge in [0, 0.05) is 18.7 Å². The molecule has 3 N–H and O–H groups in total.